The number of hydrogen-bond donors (Lipinski definition) is 1. The summed E-state index contributed by atoms with van der Waals surface area (Å²) in [6, 6.07) is 16.6. The van der Waals surface area contributed by atoms with Gasteiger partial charge >= 0.3 is 0 Å². The average Bonchev–Trinajstić information content (AvgIpc) is 2.76. The molecule has 3 nitrogen and oxygen atoms in total. The molecule has 1 aliphatic rings. The predicted molar refractivity (Wildman–Crippen MR) is 122 cm³/mol. The number of benzene rings is 1. The first-order valence-corrected chi connectivity index (χ1v) is 10.8. The summed E-state index contributed by atoms with van der Waals surface area (Å²) in [5, 5.41) is 3.16. The first kappa shape index (κ1) is 21.2. The third-order valence-corrected chi connectivity index (χ3v) is 6.04. The van der Waals surface area contributed by atoms with Crippen LogP contribution in [0.1, 0.15) is 49.6 Å². The molecule has 1 aromatic carbocycles. The maximum Gasteiger partial charge on any atom is 0.280 e. The van der Waals surface area contributed by atoms with E-state index in [9.17, 15) is 8.78 Å². The second-order valence-corrected chi connectivity index (χ2v) is 8.21. The number of nitrogens with one attached hydrogen (secondary N) is 1. The summed E-state index contributed by atoms with van der Waals surface area (Å²) in [6.45, 7) is 6.12. The molecule has 0 spiro atoms. The quantitative estimate of drug-likeness (QED) is 0.412. The van der Waals surface area contributed by atoms with Crippen molar-refractivity contribution in [3.8, 4) is 11.3 Å². The highest BCUT2D eigenvalue weighted by molar-refractivity contribution is 5.76. The molecule has 1 fully saturated rings. The van der Waals surface area contributed by atoms with E-state index >= 15 is 0 Å². The summed E-state index contributed by atoms with van der Waals surface area (Å²) in [5.74, 6) is 1.99. The number of nitrogens with zero attached hydrogens (tertiary/aromatic N) is 2. The zero-order valence-corrected chi connectivity index (χ0v) is 17.7. The van der Waals surface area contributed by atoms with Crippen molar-refractivity contribution in [2.75, 3.05) is 5.32 Å². The fourth-order valence-electron chi connectivity index (χ4n) is 4.21. The Labute approximate surface area is 182 Å². The van der Waals surface area contributed by atoms with E-state index in [1.54, 1.807) is 18.2 Å². The summed E-state index contributed by atoms with van der Waals surface area (Å²) in [7, 11) is 0. The van der Waals surface area contributed by atoms with Crippen LogP contribution in [0.15, 0.2) is 61.2 Å². The third kappa shape index (κ3) is 4.98. The van der Waals surface area contributed by atoms with Crippen LogP contribution in [0.4, 0.5) is 20.3 Å². The van der Waals surface area contributed by atoms with Crippen molar-refractivity contribution in [1.29, 1.82) is 0 Å². The average molecular weight is 420 g/mol. The molecular formula is C26H27F2N3. The molecule has 1 saturated carbocycles. The maximum atomic E-state index is 13.0. The SMILES string of the molecule is C=Cc1ccc(-c2cccc(CC3CC(CC)C3)n2)cc1Nc1cccc(C(F)F)n1. The number of halogens is 2. The summed E-state index contributed by atoms with van der Waals surface area (Å²) in [6.07, 6.45) is 4.01. The molecular weight excluding hydrogens is 392 g/mol. The largest absolute Gasteiger partial charge is 0.340 e. The normalized spacial score (nSPS) is 17.9. The van der Waals surface area contributed by atoms with Crippen LogP contribution in [0.2, 0.25) is 0 Å². The second kappa shape index (κ2) is 9.38. The standard InChI is InChI=1S/C26H27F2N3/c1-3-17-13-18(14-17)15-21-7-5-8-22(29-21)20-12-11-19(4-2)24(16-20)31-25-10-6-9-23(30-25)26(27)28/h4-12,16-18,26H,2-3,13-15H2,1H3,(H,30,31). The Morgan fingerprint density at radius 2 is 1.87 bits per heavy atom. The van der Waals surface area contributed by atoms with Gasteiger partial charge in [0, 0.05) is 16.9 Å². The van der Waals surface area contributed by atoms with Crippen molar-refractivity contribution in [2.24, 2.45) is 11.8 Å². The minimum atomic E-state index is -2.61. The third-order valence-electron chi connectivity index (χ3n) is 6.04. The Kier molecular flexibility index (Phi) is 6.40. The van der Waals surface area contributed by atoms with Crippen LogP contribution in [0.5, 0.6) is 0 Å². The van der Waals surface area contributed by atoms with E-state index in [-0.39, 0.29) is 5.69 Å². The molecule has 1 N–H and O–H groups in total. The molecule has 0 aliphatic heterocycles. The smallest absolute Gasteiger partial charge is 0.280 e. The highest BCUT2D eigenvalue weighted by atomic mass is 19.3. The van der Waals surface area contributed by atoms with Crippen molar-refractivity contribution in [1.82, 2.24) is 9.97 Å². The lowest BCUT2D eigenvalue weighted by Gasteiger charge is -2.34. The lowest BCUT2D eigenvalue weighted by Crippen LogP contribution is -2.25. The van der Waals surface area contributed by atoms with Crippen LogP contribution in [0.25, 0.3) is 17.3 Å². The highest BCUT2D eigenvalue weighted by Crippen LogP contribution is 2.38. The van der Waals surface area contributed by atoms with Crippen LogP contribution < -0.4 is 5.32 Å². The summed E-state index contributed by atoms with van der Waals surface area (Å²) in [4.78, 5) is 8.90. The van der Waals surface area contributed by atoms with Gasteiger partial charge in [0.15, 0.2) is 0 Å². The molecule has 0 bridgehead atoms. The van der Waals surface area contributed by atoms with Gasteiger partial charge in [0.2, 0.25) is 0 Å². The number of hydrogen-bond acceptors (Lipinski definition) is 3. The molecule has 2 aromatic heterocycles. The molecule has 0 amide bonds. The molecule has 2 heterocycles. The van der Waals surface area contributed by atoms with Crippen molar-refractivity contribution < 1.29 is 8.78 Å². The van der Waals surface area contributed by atoms with Crippen LogP contribution in [0, 0.1) is 11.8 Å². The molecule has 0 saturated heterocycles. The van der Waals surface area contributed by atoms with Gasteiger partial charge in [-0.25, -0.2) is 13.8 Å². The molecule has 31 heavy (non-hydrogen) atoms. The Bertz CT molecular complexity index is 1060. The summed E-state index contributed by atoms with van der Waals surface area (Å²) >= 11 is 0. The monoisotopic (exact) mass is 419 g/mol. The van der Waals surface area contributed by atoms with Gasteiger partial charge < -0.3 is 5.32 Å². The van der Waals surface area contributed by atoms with E-state index in [1.807, 2.05) is 24.3 Å². The van der Waals surface area contributed by atoms with Gasteiger partial charge in [-0.3, -0.25) is 4.98 Å². The molecule has 1 aliphatic carbocycles. The second-order valence-electron chi connectivity index (χ2n) is 8.21. The lowest BCUT2D eigenvalue weighted by molar-refractivity contribution is 0.146. The van der Waals surface area contributed by atoms with Crippen molar-refractivity contribution in [2.45, 2.75) is 39.0 Å². The minimum Gasteiger partial charge on any atom is -0.340 e. The van der Waals surface area contributed by atoms with Crippen molar-refractivity contribution >= 4 is 17.6 Å². The molecule has 4 rings (SSSR count). The van der Waals surface area contributed by atoms with Gasteiger partial charge in [0.1, 0.15) is 11.5 Å². The Morgan fingerprint density at radius 3 is 2.61 bits per heavy atom. The van der Waals surface area contributed by atoms with Crippen LogP contribution in [0.3, 0.4) is 0 Å². The van der Waals surface area contributed by atoms with Gasteiger partial charge in [-0.05, 0) is 67.0 Å². The van der Waals surface area contributed by atoms with Crippen molar-refractivity contribution in [3.63, 3.8) is 0 Å². The topological polar surface area (TPSA) is 37.8 Å². The molecule has 0 radical (unpaired) electrons. The first-order chi connectivity index (χ1) is 15.1. The van der Waals surface area contributed by atoms with Crippen LogP contribution in [-0.2, 0) is 6.42 Å². The van der Waals surface area contributed by atoms with Gasteiger partial charge in [0.25, 0.3) is 6.43 Å². The summed E-state index contributed by atoms with van der Waals surface area (Å²) in [5.41, 5.74) is 4.34. The zero-order chi connectivity index (χ0) is 21.8. The fourth-order valence-corrected chi connectivity index (χ4v) is 4.21. The fraction of sp³-hybridized carbons (Fsp3) is 0.308. The van der Waals surface area contributed by atoms with E-state index < -0.39 is 6.43 Å². The van der Waals surface area contributed by atoms with Gasteiger partial charge in [0.05, 0.1) is 5.69 Å². The molecule has 5 heteroatoms. The van der Waals surface area contributed by atoms with E-state index in [0.717, 1.165) is 46.5 Å². The maximum absolute atomic E-state index is 13.0. The lowest BCUT2D eigenvalue weighted by atomic mass is 9.71. The van der Waals surface area contributed by atoms with E-state index in [1.165, 1.54) is 25.3 Å². The van der Waals surface area contributed by atoms with Gasteiger partial charge in [-0.2, -0.15) is 0 Å². The predicted octanol–water partition coefficient (Wildman–Crippen LogP) is 7.45. The van der Waals surface area contributed by atoms with Gasteiger partial charge in [-0.1, -0.05) is 50.3 Å². The van der Waals surface area contributed by atoms with Crippen molar-refractivity contribution in [3.05, 3.63) is 78.1 Å². The number of rotatable bonds is 8. The van der Waals surface area contributed by atoms with E-state index in [4.69, 9.17) is 4.98 Å². The summed E-state index contributed by atoms with van der Waals surface area (Å²) < 4.78 is 26.0. The Morgan fingerprint density at radius 1 is 1.06 bits per heavy atom. The minimum absolute atomic E-state index is 0.253. The number of pyridine rings is 2. The number of alkyl halides is 2. The molecule has 160 valence electrons. The number of anilines is 2. The van der Waals surface area contributed by atoms with E-state index in [2.05, 4.69) is 35.9 Å². The molecule has 0 atom stereocenters. The Hall–Kier alpha value is -3.08. The zero-order valence-electron chi connectivity index (χ0n) is 17.7. The van der Waals surface area contributed by atoms with Gasteiger partial charge in [-0.15, -0.1) is 0 Å². The van der Waals surface area contributed by atoms with Crippen LogP contribution >= 0.6 is 0 Å². The van der Waals surface area contributed by atoms with Crippen LogP contribution in [-0.4, -0.2) is 9.97 Å². The molecule has 3 aromatic rings. The highest BCUT2D eigenvalue weighted by Gasteiger charge is 2.27. The Balaban J connectivity index is 1.57. The van der Waals surface area contributed by atoms with E-state index in [0.29, 0.717) is 5.82 Å². The number of aromatic nitrogens is 2. The molecule has 0 unspecified atom stereocenters. The first-order valence-electron chi connectivity index (χ1n) is 10.8.